The maximum Gasteiger partial charge on any atom is 0.471 e. The van der Waals surface area contributed by atoms with E-state index < -0.39 is 18.0 Å². The van der Waals surface area contributed by atoms with Gasteiger partial charge < -0.3 is 15.1 Å². The van der Waals surface area contributed by atoms with Crippen LogP contribution in [-0.4, -0.2) is 60.5 Å². The highest BCUT2D eigenvalue weighted by molar-refractivity contribution is 7.08. The molecule has 0 radical (unpaired) electrons. The van der Waals surface area contributed by atoms with Crippen LogP contribution in [0.25, 0.3) is 0 Å². The van der Waals surface area contributed by atoms with E-state index in [1.165, 1.54) is 30.3 Å². The van der Waals surface area contributed by atoms with Gasteiger partial charge in [-0.25, -0.2) is 4.39 Å². The first kappa shape index (κ1) is 27.3. The molecule has 2 atom stereocenters. The van der Waals surface area contributed by atoms with Crippen molar-refractivity contribution in [3.05, 3.63) is 87.9 Å². The Bertz CT molecular complexity index is 1290. The van der Waals surface area contributed by atoms with E-state index in [1.807, 2.05) is 22.8 Å². The summed E-state index contributed by atoms with van der Waals surface area (Å²) < 4.78 is 51.9. The third-order valence-corrected chi connectivity index (χ3v) is 8.49. The average molecular weight is 560 g/mol. The summed E-state index contributed by atoms with van der Waals surface area (Å²) >= 11 is 1.59. The Morgan fingerprint density at radius 3 is 2.33 bits per heavy atom. The molecule has 2 saturated heterocycles. The molecular weight excluding hydrogens is 530 g/mol. The first-order chi connectivity index (χ1) is 18.7. The molecule has 1 aromatic heterocycles. The molecule has 10 heteroatoms. The van der Waals surface area contributed by atoms with Crippen LogP contribution >= 0.6 is 11.3 Å². The molecule has 3 aromatic rings. The van der Waals surface area contributed by atoms with E-state index in [2.05, 4.69) is 16.3 Å². The van der Waals surface area contributed by atoms with Crippen LogP contribution in [0.5, 0.6) is 0 Å². The van der Waals surface area contributed by atoms with Gasteiger partial charge in [0.1, 0.15) is 5.82 Å². The fraction of sp³-hybridized carbons (Fsp3) is 0.379. The number of halogens is 4. The lowest BCUT2D eigenvalue weighted by molar-refractivity contribution is -0.167. The van der Waals surface area contributed by atoms with Crippen molar-refractivity contribution in [1.29, 1.82) is 0 Å². The lowest BCUT2D eigenvalue weighted by atomic mass is 9.87. The number of alkyl halides is 3. The molecule has 2 aliphatic rings. The second kappa shape index (κ2) is 11.5. The van der Waals surface area contributed by atoms with E-state index in [4.69, 9.17) is 0 Å². The Balaban J connectivity index is 1.28. The zero-order chi connectivity index (χ0) is 27.6. The van der Waals surface area contributed by atoms with Gasteiger partial charge in [0.25, 0.3) is 5.91 Å². The van der Waals surface area contributed by atoms with E-state index >= 15 is 0 Å². The second-order valence-electron chi connectivity index (χ2n) is 10.3. The van der Waals surface area contributed by atoms with E-state index in [0.29, 0.717) is 19.0 Å². The Morgan fingerprint density at radius 1 is 0.949 bits per heavy atom. The summed E-state index contributed by atoms with van der Waals surface area (Å²) in [4.78, 5) is 29.2. The Kier molecular flexibility index (Phi) is 8.04. The highest BCUT2D eigenvalue weighted by Crippen LogP contribution is 2.37. The quantitative estimate of drug-likeness (QED) is 0.370. The van der Waals surface area contributed by atoms with E-state index in [9.17, 15) is 27.2 Å². The van der Waals surface area contributed by atoms with Gasteiger partial charge in [0, 0.05) is 25.6 Å². The van der Waals surface area contributed by atoms with Gasteiger partial charge in [-0.05, 0) is 90.0 Å². The molecule has 206 valence electrons. The summed E-state index contributed by atoms with van der Waals surface area (Å²) in [6.45, 7) is 3.52. The second-order valence-corrected chi connectivity index (χ2v) is 11.0. The number of nitrogens with one attached hydrogen (secondary N) is 1. The molecule has 2 unspecified atom stereocenters. The fourth-order valence-corrected chi connectivity index (χ4v) is 6.47. The Hall–Kier alpha value is -3.24. The van der Waals surface area contributed by atoms with E-state index in [1.54, 1.807) is 22.3 Å². The predicted octanol–water partition coefficient (Wildman–Crippen LogP) is 6.12. The fourth-order valence-electron chi connectivity index (χ4n) is 5.74. The predicted molar refractivity (Wildman–Crippen MR) is 142 cm³/mol. The molecule has 0 bridgehead atoms. The zero-order valence-electron chi connectivity index (χ0n) is 21.2. The van der Waals surface area contributed by atoms with Crippen LogP contribution in [-0.2, 0) is 4.79 Å². The number of likely N-dealkylation sites (tertiary alicyclic amines) is 2. The largest absolute Gasteiger partial charge is 0.471 e. The number of hydrogen-bond donors (Lipinski definition) is 1. The molecule has 2 amide bonds. The molecule has 2 fully saturated rings. The van der Waals surface area contributed by atoms with Crippen LogP contribution in [0.3, 0.4) is 0 Å². The number of benzene rings is 2. The third-order valence-electron chi connectivity index (χ3n) is 7.78. The van der Waals surface area contributed by atoms with Crippen LogP contribution in [0.15, 0.2) is 65.4 Å². The first-order valence-electron chi connectivity index (χ1n) is 13.0. The lowest BCUT2D eigenvalue weighted by Gasteiger charge is -2.34. The van der Waals surface area contributed by atoms with Gasteiger partial charge in [-0.3, -0.25) is 9.59 Å². The van der Waals surface area contributed by atoms with Gasteiger partial charge in [-0.1, -0.05) is 24.3 Å². The van der Waals surface area contributed by atoms with Crippen LogP contribution in [0.4, 0.5) is 23.2 Å². The Labute approximate surface area is 228 Å². The number of anilines is 1. The standard InChI is InChI=1S/C29H29F4N3O2S/c30-23-7-5-19(6-8-23)20-9-12-35(13-10-20)15-22-16-36(17-25(22)21-11-14-39-18-21)27(37)24-3-1-2-4-26(24)34-28(38)29(31,32)33/h1-8,11,14,18,20,22,25H,9-10,12-13,15-17H2,(H,34,38). The molecule has 0 spiro atoms. The minimum absolute atomic E-state index is 0.0416. The summed E-state index contributed by atoms with van der Waals surface area (Å²) in [6, 6.07) is 14.6. The maximum absolute atomic E-state index is 13.5. The summed E-state index contributed by atoms with van der Waals surface area (Å²) in [5, 5.41) is 5.95. The first-order valence-corrected chi connectivity index (χ1v) is 13.9. The van der Waals surface area contributed by atoms with Crippen molar-refractivity contribution in [2.75, 3.05) is 38.0 Å². The SMILES string of the molecule is O=C(c1ccccc1NC(=O)C(F)(F)F)N1CC(CN2CCC(c3ccc(F)cc3)CC2)C(c2ccsc2)C1. The summed E-state index contributed by atoms with van der Waals surface area (Å²) in [6.07, 6.45) is -3.12. The molecule has 1 N–H and O–H groups in total. The molecule has 0 aliphatic carbocycles. The van der Waals surface area contributed by atoms with Gasteiger partial charge in [0.05, 0.1) is 11.3 Å². The van der Waals surface area contributed by atoms with Crippen LogP contribution < -0.4 is 5.32 Å². The van der Waals surface area contributed by atoms with Crippen molar-refractivity contribution in [3.63, 3.8) is 0 Å². The minimum Gasteiger partial charge on any atom is -0.338 e. The number of carbonyl (C=O) groups excluding carboxylic acids is 2. The Morgan fingerprint density at radius 2 is 1.67 bits per heavy atom. The number of hydrogen-bond acceptors (Lipinski definition) is 4. The molecule has 39 heavy (non-hydrogen) atoms. The van der Waals surface area contributed by atoms with Crippen LogP contribution in [0.1, 0.15) is 46.2 Å². The maximum atomic E-state index is 13.5. The van der Waals surface area contributed by atoms with Crippen LogP contribution in [0.2, 0.25) is 0 Å². The smallest absolute Gasteiger partial charge is 0.338 e. The normalized spacial score (nSPS) is 20.8. The molecule has 5 rings (SSSR count). The summed E-state index contributed by atoms with van der Waals surface area (Å²) in [5.41, 5.74) is 2.20. The minimum atomic E-state index is -5.05. The number of piperidine rings is 1. The van der Waals surface area contributed by atoms with Gasteiger partial charge >= 0.3 is 12.1 Å². The van der Waals surface area contributed by atoms with Gasteiger partial charge in [-0.15, -0.1) is 0 Å². The molecular formula is C29H29F4N3O2S. The average Bonchev–Trinajstić information content (AvgIpc) is 3.59. The van der Waals surface area contributed by atoms with Crippen molar-refractivity contribution in [2.24, 2.45) is 5.92 Å². The van der Waals surface area contributed by atoms with Crippen molar-refractivity contribution in [1.82, 2.24) is 9.80 Å². The van der Waals surface area contributed by atoms with Crippen molar-refractivity contribution in [3.8, 4) is 0 Å². The highest BCUT2D eigenvalue weighted by atomic mass is 32.1. The number of nitrogens with zero attached hydrogens (tertiary/aromatic N) is 2. The molecule has 0 saturated carbocycles. The number of para-hydroxylation sites is 1. The van der Waals surface area contributed by atoms with Gasteiger partial charge in [-0.2, -0.15) is 24.5 Å². The summed E-state index contributed by atoms with van der Waals surface area (Å²) in [5.74, 6) is -2.09. The molecule has 2 aromatic carbocycles. The van der Waals surface area contributed by atoms with Crippen molar-refractivity contribution < 1.29 is 27.2 Å². The number of rotatable bonds is 6. The van der Waals surface area contributed by atoms with Gasteiger partial charge in [0.2, 0.25) is 0 Å². The van der Waals surface area contributed by atoms with E-state index in [-0.39, 0.29) is 28.9 Å². The number of carbonyl (C=O) groups is 2. The van der Waals surface area contributed by atoms with Crippen LogP contribution in [0, 0.1) is 11.7 Å². The lowest BCUT2D eigenvalue weighted by Crippen LogP contribution is -2.38. The third kappa shape index (κ3) is 6.33. The van der Waals surface area contributed by atoms with E-state index in [0.717, 1.165) is 43.6 Å². The monoisotopic (exact) mass is 559 g/mol. The molecule has 2 aliphatic heterocycles. The highest BCUT2D eigenvalue weighted by Gasteiger charge is 2.41. The topological polar surface area (TPSA) is 52.7 Å². The summed E-state index contributed by atoms with van der Waals surface area (Å²) in [7, 11) is 0. The van der Waals surface area contributed by atoms with Gasteiger partial charge in [0.15, 0.2) is 0 Å². The molecule has 3 heterocycles. The zero-order valence-corrected chi connectivity index (χ0v) is 22.0. The number of amides is 2. The van der Waals surface area contributed by atoms with Crippen molar-refractivity contribution >= 4 is 28.8 Å². The molecule has 5 nitrogen and oxygen atoms in total. The number of thiophene rings is 1. The van der Waals surface area contributed by atoms with Crippen molar-refractivity contribution in [2.45, 2.75) is 30.9 Å².